The molecular formula is C100H188N6O6. The lowest BCUT2D eigenvalue weighted by molar-refractivity contribution is -0.130. The van der Waals surface area contributed by atoms with E-state index in [-0.39, 0.29) is 103 Å². The molecule has 654 valence electrons. The predicted molar refractivity (Wildman–Crippen MR) is 479 cm³/mol. The second kappa shape index (κ2) is 48.6. The van der Waals surface area contributed by atoms with Gasteiger partial charge >= 0.3 is 0 Å². The molecule has 6 unspecified atom stereocenters. The third-order valence-corrected chi connectivity index (χ3v) is 24.6. The van der Waals surface area contributed by atoms with Gasteiger partial charge in [-0.05, 0) is 298 Å². The van der Waals surface area contributed by atoms with Crippen LogP contribution in [-0.4, -0.2) is 68.7 Å². The van der Waals surface area contributed by atoms with E-state index in [1.165, 1.54) is 205 Å². The molecule has 0 heterocycles. The van der Waals surface area contributed by atoms with Gasteiger partial charge in [0, 0.05) is 68.7 Å². The lowest BCUT2D eigenvalue weighted by Crippen LogP contribution is -2.47. The first-order chi connectivity index (χ1) is 51.6. The first kappa shape index (κ1) is 103. The van der Waals surface area contributed by atoms with Gasteiger partial charge in [0.1, 0.15) is 0 Å². The minimum absolute atomic E-state index is 0.0597. The van der Waals surface area contributed by atoms with Crippen LogP contribution in [0.5, 0.6) is 0 Å². The number of hydrogen-bond donors (Lipinski definition) is 6. The Balaban J connectivity index is 0.000000349. The third-order valence-electron chi connectivity index (χ3n) is 24.6. The van der Waals surface area contributed by atoms with Crippen molar-refractivity contribution in [1.29, 1.82) is 0 Å². The second-order valence-corrected chi connectivity index (χ2v) is 46.9. The summed E-state index contributed by atoms with van der Waals surface area (Å²) in [7, 11) is 0. The lowest BCUT2D eigenvalue weighted by atomic mass is 9.76. The molecule has 0 saturated heterocycles. The second-order valence-electron chi connectivity index (χ2n) is 46.9. The Labute approximate surface area is 693 Å². The Hall–Kier alpha value is -3.44. The van der Waals surface area contributed by atoms with E-state index in [2.05, 4.69) is 156 Å². The highest BCUT2D eigenvalue weighted by atomic mass is 16.2. The average molecular weight is 1570 g/mol. The molecule has 0 spiro atoms. The van der Waals surface area contributed by atoms with Crippen LogP contribution in [0.4, 0.5) is 0 Å². The first-order valence-electron chi connectivity index (χ1n) is 47.2. The summed E-state index contributed by atoms with van der Waals surface area (Å²) < 4.78 is 0. The minimum Gasteiger partial charge on any atom is -0.351 e. The number of hydrogen-bond acceptors (Lipinski definition) is 6. The van der Waals surface area contributed by atoms with Crippen LogP contribution in [0.1, 0.15) is 457 Å². The van der Waals surface area contributed by atoms with Gasteiger partial charge in [0.25, 0.3) is 0 Å². The normalized spacial score (nSPS) is 20.1. The fraction of sp³-hybridized carbons (Fsp3) is 0.920. The van der Waals surface area contributed by atoms with Gasteiger partial charge in [0.2, 0.25) is 35.4 Å². The molecule has 6 amide bonds. The molecule has 8 saturated carbocycles. The zero-order valence-corrected chi connectivity index (χ0v) is 79.0. The maximum atomic E-state index is 12.6. The SMILES string of the molecule is C=C(C)CC(CCC1CCCC1)C(=O)NC(C)(C)C.CC(C)(C)CC(CCC1CCCC1)C(=O)NC(C)(C)C.CC(C)(C)NC(=O)C(CCC1CC1)C(C)(C)C.CC(C)(C)NC(=O)C(CCC1CCCC1)CC1CC1.CC(C)(C)NC(=O)C(CCC1CCCC1)CC1CCCC1.CC(C)C(CCC1CC1)C(=O)NC(C)(C)C. The van der Waals surface area contributed by atoms with Gasteiger partial charge in [0.05, 0.1) is 0 Å². The van der Waals surface area contributed by atoms with Crippen LogP contribution in [0.25, 0.3) is 0 Å². The molecule has 0 aromatic rings. The van der Waals surface area contributed by atoms with Crippen LogP contribution in [0.15, 0.2) is 12.2 Å². The van der Waals surface area contributed by atoms with E-state index in [9.17, 15) is 28.8 Å². The van der Waals surface area contributed by atoms with Crippen molar-refractivity contribution in [2.24, 2.45) is 99.6 Å². The van der Waals surface area contributed by atoms with E-state index in [0.717, 1.165) is 117 Å². The molecule has 112 heavy (non-hydrogen) atoms. The van der Waals surface area contributed by atoms with Crippen LogP contribution < -0.4 is 31.9 Å². The summed E-state index contributed by atoms with van der Waals surface area (Å²) in [6, 6.07) is 0. The highest BCUT2D eigenvalue weighted by Gasteiger charge is 2.38. The number of allylic oxidation sites excluding steroid dienone is 1. The topological polar surface area (TPSA) is 175 Å². The molecule has 0 aromatic carbocycles. The standard InChI is InChI=1S/C19H35NO.C18H35NO.2C17H31NO.C15H29NO.C14H27NO/c1-19(2,3)20-18(21)17(14-16-10-6-7-11-16)13-12-15-8-4-5-9-15;1-17(2,3)13-15(16(20)19-18(4,5)6)12-11-14-9-7-8-10-14;1-17(2,3)18-16(19)15(12-14-8-9-14)11-10-13-6-4-5-7-13;1-13(2)12-15(16(19)18-17(3,4)5)11-10-14-8-6-7-9-14;1-14(2,3)12(10-9-11-7-8-11)13(17)16-15(4,5)6;1-10(2)12(9-8-11-6-7-11)13(16)15-14(3,4)5/h15-17H,4-14H2,1-3H3,(H,20,21);14-15H,7-13H2,1-6H3,(H,19,20);13-15H,4-12H2,1-3H3,(H,18,19);14-15H,1,6-12H2,2-5H3,(H,18,19);11-12H,7-10H2,1-6H3,(H,16,17);10-12H,6-9H2,1-5H3,(H,15,16). The van der Waals surface area contributed by atoms with Crippen molar-refractivity contribution in [3.05, 3.63) is 12.2 Å². The number of rotatable bonds is 32. The summed E-state index contributed by atoms with van der Waals surface area (Å²) in [5.74, 6) is 10.2. The summed E-state index contributed by atoms with van der Waals surface area (Å²) in [6.45, 7) is 60.6. The Morgan fingerprint density at radius 2 is 0.527 bits per heavy atom. The van der Waals surface area contributed by atoms with Crippen LogP contribution in [0, 0.1) is 99.6 Å². The van der Waals surface area contributed by atoms with Crippen LogP contribution in [0.3, 0.4) is 0 Å². The van der Waals surface area contributed by atoms with E-state index in [4.69, 9.17) is 0 Å². The van der Waals surface area contributed by atoms with Gasteiger partial charge in [-0.3, -0.25) is 28.8 Å². The Morgan fingerprint density at radius 1 is 0.295 bits per heavy atom. The Morgan fingerprint density at radius 3 is 0.804 bits per heavy atom. The molecule has 8 fully saturated rings. The summed E-state index contributed by atoms with van der Waals surface area (Å²) in [4.78, 5) is 74.4. The molecule has 12 heteroatoms. The van der Waals surface area contributed by atoms with E-state index < -0.39 is 0 Å². The molecule has 8 aliphatic carbocycles. The van der Waals surface area contributed by atoms with Crippen molar-refractivity contribution in [3.63, 3.8) is 0 Å². The van der Waals surface area contributed by atoms with E-state index in [1.54, 1.807) is 0 Å². The maximum Gasteiger partial charge on any atom is 0.224 e. The highest BCUT2D eigenvalue weighted by Crippen LogP contribution is 2.42. The number of carbonyl (C=O) groups excluding carboxylic acids is 6. The largest absolute Gasteiger partial charge is 0.351 e. The molecule has 0 bridgehead atoms. The van der Waals surface area contributed by atoms with Crippen molar-refractivity contribution < 1.29 is 28.8 Å². The summed E-state index contributed by atoms with van der Waals surface area (Å²) in [5, 5.41) is 19.0. The van der Waals surface area contributed by atoms with Crippen LogP contribution >= 0.6 is 0 Å². The van der Waals surface area contributed by atoms with Gasteiger partial charge in [-0.15, -0.1) is 6.58 Å². The van der Waals surface area contributed by atoms with E-state index in [1.807, 2.05) is 69.2 Å². The molecule has 6 atom stereocenters. The maximum absolute atomic E-state index is 12.6. The molecular weight excluding hydrogens is 1380 g/mol. The fourth-order valence-corrected chi connectivity index (χ4v) is 18.0. The van der Waals surface area contributed by atoms with Gasteiger partial charge in [-0.2, -0.15) is 0 Å². The Bertz CT molecular complexity index is 2670. The number of amides is 6. The number of nitrogens with one attached hydrogen (secondary N) is 6. The fourth-order valence-electron chi connectivity index (χ4n) is 18.0. The van der Waals surface area contributed by atoms with Crippen molar-refractivity contribution in [3.8, 4) is 0 Å². The molecule has 6 N–H and O–H groups in total. The van der Waals surface area contributed by atoms with Crippen LogP contribution in [0.2, 0.25) is 0 Å². The van der Waals surface area contributed by atoms with E-state index in [0.29, 0.717) is 17.7 Å². The minimum atomic E-state index is -0.141. The van der Waals surface area contributed by atoms with Crippen molar-refractivity contribution in [2.75, 3.05) is 0 Å². The molecule has 8 aliphatic rings. The van der Waals surface area contributed by atoms with Crippen molar-refractivity contribution >= 4 is 35.4 Å². The quantitative estimate of drug-likeness (QED) is 0.0366. The van der Waals surface area contributed by atoms with Gasteiger partial charge in [-0.25, -0.2) is 0 Å². The van der Waals surface area contributed by atoms with Crippen LogP contribution in [-0.2, 0) is 28.8 Å². The van der Waals surface area contributed by atoms with Crippen molar-refractivity contribution in [2.45, 2.75) is 490 Å². The summed E-state index contributed by atoms with van der Waals surface area (Å²) in [6.07, 6.45) is 53.8. The molecule has 0 radical (unpaired) electrons. The highest BCUT2D eigenvalue weighted by molar-refractivity contribution is 5.82. The summed E-state index contributed by atoms with van der Waals surface area (Å²) >= 11 is 0. The van der Waals surface area contributed by atoms with Crippen molar-refractivity contribution in [1.82, 2.24) is 31.9 Å². The average Bonchev–Trinajstić information content (AvgIpc) is 1.31. The number of carbonyl (C=O) groups is 6. The molecule has 0 aromatic heterocycles. The van der Waals surface area contributed by atoms with E-state index >= 15 is 0 Å². The molecule has 0 aliphatic heterocycles. The zero-order chi connectivity index (χ0) is 84.6. The summed E-state index contributed by atoms with van der Waals surface area (Å²) in [5.41, 5.74) is 0.702. The van der Waals surface area contributed by atoms with Gasteiger partial charge in [-0.1, -0.05) is 228 Å². The smallest absolute Gasteiger partial charge is 0.224 e. The first-order valence-corrected chi connectivity index (χ1v) is 47.2. The Kier molecular flexibility index (Phi) is 44.6. The third kappa shape index (κ3) is 51.7. The van der Waals surface area contributed by atoms with Gasteiger partial charge < -0.3 is 31.9 Å². The molecule has 8 rings (SSSR count). The zero-order valence-electron chi connectivity index (χ0n) is 79.0. The molecule has 12 nitrogen and oxygen atoms in total. The lowest BCUT2D eigenvalue weighted by Gasteiger charge is -2.33. The van der Waals surface area contributed by atoms with Gasteiger partial charge in [0.15, 0.2) is 0 Å². The predicted octanol–water partition coefficient (Wildman–Crippen LogP) is 25.9. The monoisotopic (exact) mass is 1570 g/mol.